The molecule has 0 saturated heterocycles. The summed E-state index contributed by atoms with van der Waals surface area (Å²) in [5.74, 6) is 0. The molecule has 0 aromatic rings. The Bertz CT molecular complexity index is 118. The fraction of sp³-hybridized carbons (Fsp3) is 0.500. The molecule has 0 saturated carbocycles. The maximum absolute atomic E-state index is 2.30. The Morgan fingerprint density at radius 3 is 3.12 bits per heavy atom. The first kappa shape index (κ1) is 5.61. The Hall–Kier alpha value is -0.520. The van der Waals surface area contributed by atoms with Gasteiger partial charge in [-0.15, -0.1) is 0 Å². The Morgan fingerprint density at radius 1 is 1.38 bits per heavy atom. The van der Waals surface area contributed by atoms with Crippen LogP contribution in [0.3, 0.4) is 0 Å². The van der Waals surface area contributed by atoms with E-state index in [1.54, 1.807) is 0 Å². The number of allylic oxidation sites excluding steroid dienone is 4. The lowest BCUT2D eigenvalue weighted by Gasteiger charge is -1.84. The van der Waals surface area contributed by atoms with Gasteiger partial charge in [-0.3, -0.25) is 0 Å². The Balaban J connectivity index is 2.55. The highest BCUT2D eigenvalue weighted by atomic mass is 13.9. The zero-order chi connectivity index (χ0) is 5.82. The van der Waals surface area contributed by atoms with E-state index in [1.165, 1.54) is 24.8 Å². The molecule has 0 atom stereocenters. The SMILES string of the molecule is CC1=CCCCC=C1. The van der Waals surface area contributed by atoms with Crippen LogP contribution >= 0.6 is 0 Å². The maximum Gasteiger partial charge on any atom is -0.0342 e. The zero-order valence-electron chi connectivity index (χ0n) is 5.35. The van der Waals surface area contributed by atoms with Gasteiger partial charge in [-0.2, -0.15) is 0 Å². The first-order valence-electron chi connectivity index (χ1n) is 3.23. The average molecular weight is 108 g/mol. The van der Waals surface area contributed by atoms with Crippen LogP contribution in [0.25, 0.3) is 0 Å². The molecule has 1 rings (SSSR count). The lowest BCUT2D eigenvalue weighted by molar-refractivity contribution is 0.874. The van der Waals surface area contributed by atoms with Gasteiger partial charge in [0.15, 0.2) is 0 Å². The summed E-state index contributed by atoms with van der Waals surface area (Å²) in [5, 5.41) is 0. The fourth-order valence-corrected chi connectivity index (χ4v) is 0.903. The summed E-state index contributed by atoms with van der Waals surface area (Å²) in [6, 6.07) is 0. The molecule has 0 nitrogen and oxygen atoms in total. The van der Waals surface area contributed by atoms with E-state index in [0.29, 0.717) is 0 Å². The summed E-state index contributed by atoms with van der Waals surface area (Å²) >= 11 is 0. The van der Waals surface area contributed by atoms with Crippen molar-refractivity contribution < 1.29 is 0 Å². The maximum atomic E-state index is 2.30. The van der Waals surface area contributed by atoms with Gasteiger partial charge in [-0.25, -0.2) is 0 Å². The van der Waals surface area contributed by atoms with Gasteiger partial charge in [0.25, 0.3) is 0 Å². The van der Waals surface area contributed by atoms with Crippen molar-refractivity contribution in [3.63, 3.8) is 0 Å². The minimum Gasteiger partial charge on any atom is -0.0843 e. The van der Waals surface area contributed by atoms with Crippen molar-refractivity contribution in [1.29, 1.82) is 0 Å². The predicted molar refractivity (Wildman–Crippen MR) is 36.7 cm³/mol. The van der Waals surface area contributed by atoms with Crippen LogP contribution in [0.5, 0.6) is 0 Å². The van der Waals surface area contributed by atoms with Crippen LogP contribution in [0, 0.1) is 0 Å². The minimum absolute atomic E-state index is 1.26. The second kappa shape index (κ2) is 2.71. The van der Waals surface area contributed by atoms with Crippen LogP contribution in [0.4, 0.5) is 0 Å². The Morgan fingerprint density at radius 2 is 2.25 bits per heavy atom. The summed E-state index contributed by atoms with van der Waals surface area (Å²) in [7, 11) is 0. The van der Waals surface area contributed by atoms with Gasteiger partial charge < -0.3 is 0 Å². The summed E-state index contributed by atoms with van der Waals surface area (Å²) < 4.78 is 0. The van der Waals surface area contributed by atoms with Crippen LogP contribution in [0.15, 0.2) is 23.8 Å². The highest BCUT2D eigenvalue weighted by Gasteiger charge is 1.87. The van der Waals surface area contributed by atoms with E-state index in [1.807, 2.05) is 0 Å². The molecule has 0 heterocycles. The third-order valence-corrected chi connectivity index (χ3v) is 1.42. The molecule has 0 fully saturated rings. The van der Waals surface area contributed by atoms with E-state index in [0.717, 1.165) is 0 Å². The van der Waals surface area contributed by atoms with Gasteiger partial charge in [-0.1, -0.05) is 23.8 Å². The van der Waals surface area contributed by atoms with E-state index >= 15 is 0 Å². The molecule has 0 radical (unpaired) electrons. The standard InChI is InChI=1S/C8H12/c1-8-6-4-2-3-5-7-8/h4,6-7H,2-3,5H2,1H3. The monoisotopic (exact) mass is 108 g/mol. The molecule has 0 aromatic heterocycles. The van der Waals surface area contributed by atoms with Crippen molar-refractivity contribution in [2.45, 2.75) is 26.2 Å². The van der Waals surface area contributed by atoms with Crippen molar-refractivity contribution in [3.05, 3.63) is 23.8 Å². The lowest BCUT2D eigenvalue weighted by atomic mass is 10.2. The minimum atomic E-state index is 1.26. The highest BCUT2D eigenvalue weighted by Crippen LogP contribution is 2.08. The van der Waals surface area contributed by atoms with Gasteiger partial charge in [0.1, 0.15) is 0 Å². The molecule has 0 unspecified atom stereocenters. The average Bonchev–Trinajstić information content (AvgIpc) is 1.94. The molecule has 1 aliphatic carbocycles. The van der Waals surface area contributed by atoms with Crippen LogP contribution in [-0.2, 0) is 0 Å². The first-order chi connectivity index (χ1) is 3.89. The zero-order valence-corrected chi connectivity index (χ0v) is 5.35. The lowest BCUT2D eigenvalue weighted by Crippen LogP contribution is -1.64. The molecular weight excluding hydrogens is 96.1 g/mol. The number of hydrogen-bond donors (Lipinski definition) is 0. The van der Waals surface area contributed by atoms with E-state index in [4.69, 9.17) is 0 Å². The number of hydrogen-bond acceptors (Lipinski definition) is 0. The molecule has 0 aromatic carbocycles. The molecule has 8 heavy (non-hydrogen) atoms. The van der Waals surface area contributed by atoms with Gasteiger partial charge >= 0.3 is 0 Å². The van der Waals surface area contributed by atoms with Gasteiger partial charge in [0, 0.05) is 0 Å². The van der Waals surface area contributed by atoms with Gasteiger partial charge in [-0.05, 0) is 26.2 Å². The summed E-state index contributed by atoms with van der Waals surface area (Å²) in [5.41, 5.74) is 1.42. The van der Waals surface area contributed by atoms with E-state index in [-0.39, 0.29) is 0 Å². The molecule has 0 heteroatoms. The fourth-order valence-electron chi connectivity index (χ4n) is 0.903. The molecule has 0 bridgehead atoms. The molecule has 0 aliphatic heterocycles. The van der Waals surface area contributed by atoms with Crippen molar-refractivity contribution in [2.24, 2.45) is 0 Å². The van der Waals surface area contributed by atoms with Crippen molar-refractivity contribution in [2.75, 3.05) is 0 Å². The Kier molecular flexibility index (Phi) is 1.90. The molecule has 0 amide bonds. The van der Waals surface area contributed by atoms with Crippen molar-refractivity contribution in [1.82, 2.24) is 0 Å². The summed E-state index contributed by atoms with van der Waals surface area (Å²) in [4.78, 5) is 0. The predicted octanol–water partition coefficient (Wildman–Crippen LogP) is 2.67. The summed E-state index contributed by atoms with van der Waals surface area (Å²) in [6.07, 6.45) is 10.6. The van der Waals surface area contributed by atoms with E-state index in [9.17, 15) is 0 Å². The molecule has 0 N–H and O–H groups in total. The Labute approximate surface area is 50.9 Å². The van der Waals surface area contributed by atoms with Crippen molar-refractivity contribution >= 4 is 0 Å². The summed E-state index contributed by atoms with van der Waals surface area (Å²) in [6.45, 7) is 2.15. The second-order valence-corrected chi connectivity index (χ2v) is 2.28. The largest absolute Gasteiger partial charge is 0.0843 e. The quantitative estimate of drug-likeness (QED) is 0.447. The molecule has 1 aliphatic rings. The first-order valence-corrected chi connectivity index (χ1v) is 3.23. The second-order valence-electron chi connectivity index (χ2n) is 2.28. The molecular formula is C8H12. The molecule has 0 spiro atoms. The normalized spacial score (nSPS) is 19.9. The highest BCUT2D eigenvalue weighted by molar-refractivity contribution is 5.17. The topological polar surface area (TPSA) is 0 Å². The van der Waals surface area contributed by atoms with Crippen LogP contribution in [0.2, 0.25) is 0 Å². The third-order valence-electron chi connectivity index (χ3n) is 1.42. The van der Waals surface area contributed by atoms with Crippen molar-refractivity contribution in [3.8, 4) is 0 Å². The van der Waals surface area contributed by atoms with Gasteiger partial charge in [0.2, 0.25) is 0 Å². The third kappa shape index (κ3) is 1.53. The van der Waals surface area contributed by atoms with Crippen LogP contribution < -0.4 is 0 Å². The van der Waals surface area contributed by atoms with Crippen LogP contribution in [0.1, 0.15) is 26.2 Å². The number of rotatable bonds is 0. The smallest absolute Gasteiger partial charge is 0.0342 e. The molecule has 44 valence electrons. The van der Waals surface area contributed by atoms with E-state index < -0.39 is 0 Å². The van der Waals surface area contributed by atoms with E-state index in [2.05, 4.69) is 25.2 Å². The van der Waals surface area contributed by atoms with Crippen LogP contribution in [-0.4, -0.2) is 0 Å². The van der Waals surface area contributed by atoms with Gasteiger partial charge in [0.05, 0.1) is 0 Å².